The molecule has 126 valence electrons. The van der Waals surface area contributed by atoms with Crippen molar-refractivity contribution in [1.82, 2.24) is 10.2 Å². The molecule has 0 aliphatic heterocycles. The Morgan fingerprint density at radius 1 is 1.00 bits per heavy atom. The molecule has 0 saturated carbocycles. The van der Waals surface area contributed by atoms with Gasteiger partial charge in [-0.1, -0.05) is 78.1 Å². The van der Waals surface area contributed by atoms with Crippen LogP contribution in [0.2, 0.25) is 0 Å². The largest absolute Gasteiger partial charge is 0.300 e. The lowest BCUT2D eigenvalue weighted by molar-refractivity contribution is -0.113. The van der Waals surface area contributed by atoms with Gasteiger partial charge < -0.3 is 0 Å². The van der Waals surface area contributed by atoms with Gasteiger partial charge in [0, 0.05) is 5.75 Å². The minimum absolute atomic E-state index is 0.0596. The highest BCUT2D eigenvalue weighted by molar-refractivity contribution is 7.99. The highest BCUT2D eigenvalue weighted by atomic mass is 32.2. The number of hydrogen-bond acceptors (Lipinski definition) is 5. The molecule has 0 aliphatic carbocycles. The number of carbonyl (C=O) groups excluding carboxylic acids is 1. The number of nitrogens with one attached hydrogen (secondary N) is 1. The van der Waals surface area contributed by atoms with Gasteiger partial charge in [-0.2, -0.15) is 0 Å². The zero-order chi connectivity index (χ0) is 17.3. The van der Waals surface area contributed by atoms with E-state index in [-0.39, 0.29) is 5.91 Å². The smallest absolute Gasteiger partial charge is 0.236 e. The van der Waals surface area contributed by atoms with Crippen molar-refractivity contribution in [2.45, 2.75) is 5.75 Å². The van der Waals surface area contributed by atoms with Crippen LogP contribution in [0, 0.1) is 0 Å². The predicted molar refractivity (Wildman–Crippen MR) is 107 cm³/mol. The first-order valence-electron chi connectivity index (χ1n) is 7.78. The number of hydrogen-bond donors (Lipinski definition) is 1. The molecule has 1 N–H and O–H groups in total. The Morgan fingerprint density at radius 3 is 2.48 bits per heavy atom. The van der Waals surface area contributed by atoms with Crippen molar-refractivity contribution in [2.75, 3.05) is 11.1 Å². The zero-order valence-corrected chi connectivity index (χ0v) is 15.1. The van der Waals surface area contributed by atoms with Crippen molar-refractivity contribution < 1.29 is 4.79 Å². The molecule has 1 aromatic heterocycles. The summed E-state index contributed by atoms with van der Waals surface area (Å²) in [7, 11) is 0. The molecule has 4 nitrogen and oxygen atoms in total. The Hall–Kier alpha value is -2.44. The van der Waals surface area contributed by atoms with Gasteiger partial charge in [0.25, 0.3) is 0 Å². The fourth-order valence-corrected chi connectivity index (χ4v) is 3.53. The number of aromatic nitrogens is 2. The van der Waals surface area contributed by atoms with Crippen LogP contribution < -0.4 is 5.32 Å². The van der Waals surface area contributed by atoms with Gasteiger partial charge in [-0.15, -0.1) is 22.0 Å². The number of benzene rings is 2. The first-order valence-corrected chi connectivity index (χ1v) is 9.75. The van der Waals surface area contributed by atoms with E-state index in [9.17, 15) is 4.79 Å². The lowest BCUT2D eigenvalue weighted by Gasteiger charge is -2.01. The molecule has 0 aliphatic rings. The molecule has 6 heteroatoms. The molecule has 2 aromatic carbocycles. The monoisotopic (exact) mass is 367 g/mol. The topological polar surface area (TPSA) is 54.9 Å². The van der Waals surface area contributed by atoms with Gasteiger partial charge in [-0.25, -0.2) is 0 Å². The average molecular weight is 367 g/mol. The maximum atomic E-state index is 12.0. The van der Waals surface area contributed by atoms with Crippen LogP contribution in [0.15, 0.2) is 60.7 Å². The summed E-state index contributed by atoms with van der Waals surface area (Å²) in [5, 5.41) is 12.2. The number of carbonyl (C=O) groups is 1. The van der Waals surface area contributed by atoms with Gasteiger partial charge in [0.2, 0.25) is 11.0 Å². The van der Waals surface area contributed by atoms with E-state index in [0.29, 0.717) is 10.9 Å². The minimum atomic E-state index is -0.0596. The molecule has 3 aromatic rings. The summed E-state index contributed by atoms with van der Waals surface area (Å²) in [6.45, 7) is 0. The Bertz CT molecular complexity index is 832. The molecule has 0 bridgehead atoms. The second kappa shape index (κ2) is 9.15. The third kappa shape index (κ3) is 5.85. The van der Waals surface area contributed by atoms with Crippen LogP contribution in [0.3, 0.4) is 0 Å². The van der Waals surface area contributed by atoms with Crippen LogP contribution in [0.4, 0.5) is 5.13 Å². The molecule has 0 fully saturated rings. The normalized spacial score (nSPS) is 10.9. The summed E-state index contributed by atoms with van der Waals surface area (Å²) in [5.41, 5.74) is 2.31. The SMILES string of the molecule is O=C(CSCc1ccccc1)Nc1nnc(/C=C/c2ccccc2)s1. The molecule has 0 atom stereocenters. The lowest BCUT2D eigenvalue weighted by atomic mass is 10.2. The van der Waals surface area contributed by atoms with Crippen molar-refractivity contribution in [3.05, 3.63) is 76.8 Å². The third-order valence-corrected chi connectivity index (χ3v) is 5.06. The molecular weight excluding hydrogens is 350 g/mol. The summed E-state index contributed by atoms with van der Waals surface area (Å²) >= 11 is 2.94. The van der Waals surface area contributed by atoms with E-state index in [4.69, 9.17) is 0 Å². The number of amides is 1. The van der Waals surface area contributed by atoms with E-state index >= 15 is 0 Å². The van der Waals surface area contributed by atoms with Gasteiger partial charge in [0.05, 0.1) is 5.75 Å². The van der Waals surface area contributed by atoms with Crippen LogP contribution in [-0.4, -0.2) is 21.9 Å². The second-order valence-corrected chi connectivity index (χ2v) is 7.21. The van der Waals surface area contributed by atoms with Crippen LogP contribution in [-0.2, 0) is 10.5 Å². The fourth-order valence-electron chi connectivity index (χ4n) is 2.08. The average Bonchev–Trinajstić information content (AvgIpc) is 3.09. The maximum Gasteiger partial charge on any atom is 0.236 e. The summed E-state index contributed by atoms with van der Waals surface area (Å²) in [6, 6.07) is 20.1. The first-order chi connectivity index (χ1) is 12.3. The predicted octanol–water partition coefficient (Wildman–Crippen LogP) is 4.58. The van der Waals surface area contributed by atoms with Crippen molar-refractivity contribution in [3.8, 4) is 0 Å². The standard InChI is InChI=1S/C19H17N3OS2/c23-17(14-24-13-16-9-5-2-6-10-16)20-19-22-21-18(25-19)12-11-15-7-3-1-4-8-15/h1-12H,13-14H2,(H,20,22,23)/b12-11+. The molecular formula is C19H17N3OS2. The molecule has 0 radical (unpaired) electrons. The van der Waals surface area contributed by atoms with E-state index < -0.39 is 0 Å². The Morgan fingerprint density at radius 2 is 1.72 bits per heavy atom. The Balaban J connectivity index is 1.46. The molecule has 25 heavy (non-hydrogen) atoms. The highest BCUT2D eigenvalue weighted by Crippen LogP contribution is 2.18. The zero-order valence-electron chi connectivity index (χ0n) is 13.5. The number of thioether (sulfide) groups is 1. The lowest BCUT2D eigenvalue weighted by Crippen LogP contribution is -2.13. The van der Waals surface area contributed by atoms with Gasteiger partial charge in [0.1, 0.15) is 5.01 Å². The Kier molecular flexibility index (Phi) is 6.36. The van der Waals surface area contributed by atoms with E-state index in [1.54, 1.807) is 11.8 Å². The molecule has 3 rings (SSSR count). The van der Waals surface area contributed by atoms with Gasteiger partial charge >= 0.3 is 0 Å². The van der Waals surface area contributed by atoms with Gasteiger partial charge in [-0.3, -0.25) is 10.1 Å². The number of nitrogens with zero attached hydrogens (tertiary/aromatic N) is 2. The highest BCUT2D eigenvalue weighted by Gasteiger charge is 2.07. The summed E-state index contributed by atoms with van der Waals surface area (Å²) in [6.07, 6.45) is 3.87. The van der Waals surface area contributed by atoms with Crippen LogP contribution >= 0.6 is 23.1 Å². The van der Waals surface area contributed by atoms with Crippen molar-refractivity contribution in [1.29, 1.82) is 0 Å². The van der Waals surface area contributed by atoms with Gasteiger partial charge in [0.15, 0.2) is 0 Å². The van der Waals surface area contributed by atoms with E-state index in [2.05, 4.69) is 27.6 Å². The van der Waals surface area contributed by atoms with Crippen LogP contribution in [0.1, 0.15) is 16.1 Å². The van der Waals surface area contributed by atoms with E-state index in [0.717, 1.165) is 16.3 Å². The van der Waals surface area contributed by atoms with Crippen molar-refractivity contribution in [3.63, 3.8) is 0 Å². The first kappa shape index (κ1) is 17.4. The number of rotatable bonds is 7. The van der Waals surface area contributed by atoms with Crippen LogP contribution in [0.5, 0.6) is 0 Å². The number of anilines is 1. The molecule has 0 saturated heterocycles. The van der Waals surface area contributed by atoms with Gasteiger partial charge in [-0.05, 0) is 17.2 Å². The van der Waals surface area contributed by atoms with Crippen molar-refractivity contribution >= 4 is 46.3 Å². The van der Waals surface area contributed by atoms with E-state index in [1.165, 1.54) is 16.9 Å². The van der Waals surface area contributed by atoms with Crippen molar-refractivity contribution in [2.24, 2.45) is 0 Å². The molecule has 0 unspecified atom stereocenters. The third-order valence-electron chi connectivity index (χ3n) is 3.25. The quantitative estimate of drug-likeness (QED) is 0.664. The molecule has 1 amide bonds. The fraction of sp³-hybridized carbons (Fsp3) is 0.105. The molecule has 1 heterocycles. The minimum Gasteiger partial charge on any atom is -0.300 e. The molecule has 0 spiro atoms. The summed E-state index contributed by atoms with van der Waals surface area (Å²) in [4.78, 5) is 12.0. The summed E-state index contributed by atoms with van der Waals surface area (Å²) < 4.78 is 0. The summed E-state index contributed by atoms with van der Waals surface area (Å²) in [5.74, 6) is 1.15. The van der Waals surface area contributed by atoms with E-state index in [1.807, 2.05) is 60.7 Å². The van der Waals surface area contributed by atoms with Crippen LogP contribution in [0.25, 0.3) is 12.2 Å². The second-order valence-electron chi connectivity index (χ2n) is 5.22. The maximum absolute atomic E-state index is 12.0. The Labute approximate surface area is 155 Å².